The average molecular weight is 329 g/mol. The predicted molar refractivity (Wildman–Crippen MR) is 87.5 cm³/mol. The molecule has 1 aliphatic carbocycles. The molecule has 5 nitrogen and oxygen atoms in total. The average Bonchev–Trinajstić information content (AvgIpc) is 2.98. The van der Waals surface area contributed by atoms with Crippen LogP contribution in [0.1, 0.15) is 42.5 Å². The number of halogens is 1. The Bertz CT molecular complexity index is 766. The van der Waals surface area contributed by atoms with Crippen LogP contribution >= 0.6 is 0 Å². The summed E-state index contributed by atoms with van der Waals surface area (Å²) in [5.41, 5.74) is 1.68. The lowest BCUT2D eigenvalue weighted by Crippen LogP contribution is -2.36. The maximum Gasteiger partial charge on any atom is 0.251 e. The maximum absolute atomic E-state index is 14.5. The fraction of sp³-hybridized carbons (Fsp3) is 0.444. The number of nitrogens with one attached hydrogen (secondary N) is 1. The number of benzene rings is 1. The second-order valence-corrected chi connectivity index (χ2v) is 6.46. The highest BCUT2D eigenvalue weighted by molar-refractivity contribution is 5.96. The number of carbonyl (C=O) groups is 1. The standard InChI is InChI=1S/C18H20FN3O2/c19-15-9-12(18(23)21-13-4-2-1-3-5-13)8-14-16-10-20-11-22(16)6-7-24-17(14)15/h8-11,13H,1-7H2,(H,21,23). The molecule has 0 unspecified atom stereocenters. The minimum Gasteiger partial charge on any atom is -0.488 e. The summed E-state index contributed by atoms with van der Waals surface area (Å²) in [6.45, 7) is 0.980. The van der Waals surface area contributed by atoms with Crippen LogP contribution in [0.4, 0.5) is 4.39 Å². The number of fused-ring (bicyclic) bond motifs is 3. The Hall–Kier alpha value is -2.37. The lowest BCUT2D eigenvalue weighted by molar-refractivity contribution is 0.0927. The summed E-state index contributed by atoms with van der Waals surface area (Å²) in [6, 6.07) is 3.16. The Balaban J connectivity index is 1.67. The topological polar surface area (TPSA) is 56.2 Å². The van der Waals surface area contributed by atoms with Gasteiger partial charge in [-0.05, 0) is 25.0 Å². The normalized spacial score (nSPS) is 17.4. The van der Waals surface area contributed by atoms with Crippen LogP contribution in [-0.4, -0.2) is 28.1 Å². The van der Waals surface area contributed by atoms with Crippen molar-refractivity contribution >= 4 is 5.91 Å². The lowest BCUT2D eigenvalue weighted by Gasteiger charge is -2.23. The molecule has 1 amide bonds. The molecule has 0 spiro atoms. The van der Waals surface area contributed by atoms with Crippen LogP contribution in [0.15, 0.2) is 24.7 Å². The van der Waals surface area contributed by atoms with E-state index in [2.05, 4.69) is 10.3 Å². The van der Waals surface area contributed by atoms with Gasteiger partial charge in [-0.15, -0.1) is 0 Å². The van der Waals surface area contributed by atoms with Gasteiger partial charge in [-0.25, -0.2) is 9.37 Å². The molecular weight excluding hydrogens is 309 g/mol. The van der Waals surface area contributed by atoms with Crippen molar-refractivity contribution < 1.29 is 13.9 Å². The molecule has 0 saturated heterocycles. The summed E-state index contributed by atoms with van der Waals surface area (Å²) in [6.07, 6.45) is 8.86. The minimum absolute atomic E-state index is 0.190. The lowest BCUT2D eigenvalue weighted by atomic mass is 9.95. The highest BCUT2D eigenvalue weighted by Crippen LogP contribution is 2.35. The smallest absolute Gasteiger partial charge is 0.251 e. The van der Waals surface area contributed by atoms with Gasteiger partial charge in [0, 0.05) is 17.2 Å². The summed E-state index contributed by atoms with van der Waals surface area (Å²) in [5.74, 6) is -0.529. The van der Waals surface area contributed by atoms with Crippen molar-refractivity contribution in [1.82, 2.24) is 14.9 Å². The van der Waals surface area contributed by atoms with Crippen LogP contribution in [-0.2, 0) is 6.54 Å². The van der Waals surface area contributed by atoms with Crippen LogP contribution in [0.2, 0.25) is 0 Å². The SMILES string of the molecule is O=C(NC1CCCCC1)c1cc(F)c2c(c1)-c1cncn1CCO2. The summed E-state index contributed by atoms with van der Waals surface area (Å²) >= 11 is 0. The molecule has 1 N–H and O–H groups in total. The molecule has 1 fully saturated rings. The first-order chi connectivity index (χ1) is 11.7. The monoisotopic (exact) mass is 329 g/mol. The number of imidazole rings is 1. The zero-order valence-corrected chi connectivity index (χ0v) is 13.4. The van der Waals surface area contributed by atoms with Gasteiger partial charge in [-0.3, -0.25) is 4.79 Å². The Morgan fingerprint density at radius 2 is 2.12 bits per heavy atom. The van der Waals surface area contributed by atoms with E-state index < -0.39 is 5.82 Å². The molecule has 1 aromatic heterocycles. The molecule has 4 rings (SSSR count). The molecule has 1 saturated carbocycles. The number of hydrogen-bond donors (Lipinski definition) is 1. The fourth-order valence-electron chi connectivity index (χ4n) is 3.55. The van der Waals surface area contributed by atoms with E-state index in [1.54, 1.807) is 18.6 Å². The van der Waals surface area contributed by atoms with E-state index in [4.69, 9.17) is 4.74 Å². The molecule has 0 radical (unpaired) electrons. The molecular formula is C18H20FN3O2. The van der Waals surface area contributed by atoms with Crippen LogP contribution in [0.5, 0.6) is 5.75 Å². The quantitative estimate of drug-likeness (QED) is 0.921. The molecule has 126 valence electrons. The fourth-order valence-corrected chi connectivity index (χ4v) is 3.55. The molecule has 2 heterocycles. The van der Waals surface area contributed by atoms with Gasteiger partial charge in [-0.2, -0.15) is 0 Å². The highest BCUT2D eigenvalue weighted by Gasteiger charge is 2.23. The van der Waals surface area contributed by atoms with Crippen molar-refractivity contribution in [2.45, 2.75) is 44.7 Å². The molecule has 0 atom stereocenters. The van der Waals surface area contributed by atoms with Gasteiger partial charge in [0.05, 0.1) is 24.8 Å². The van der Waals surface area contributed by atoms with Gasteiger partial charge in [0.15, 0.2) is 11.6 Å². The van der Waals surface area contributed by atoms with Crippen LogP contribution in [0.25, 0.3) is 11.3 Å². The molecule has 24 heavy (non-hydrogen) atoms. The minimum atomic E-state index is -0.504. The second-order valence-electron chi connectivity index (χ2n) is 6.46. The molecule has 2 aromatic rings. The zero-order valence-electron chi connectivity index (χ0n) is 13.4. The van der Waals surface area contributed by atoms with E-state index in [0.29, 0.717) is 24.3 Å². The van der Waals surface area contributed by atoms with Crippen LogP contribution < -0.4 is 10.1 Å². The van der Waals surface area contributed by atoms with Crippen LogP contribution in [0.3, 0.4) is 0 Å². The summed E-state index contributed by atoms with van der Waals surface area (Å²) < 4.78 is 22.0. The third kappa shape index (κ3) is 2.77. The van der Waals surface area contributed by atoms with Crippen LogP contribution in [0, 0.1) is 5.82 Å². The van der Waals surface area contributed by atoms with Crippen molar-refractivity contribution in [3.05, 3.63) is 36.0 Å². The van der Waals surface area contributed by atoms with Gasteiger partial charge in [-0.1, -0.05) is 19.3 Å². The van der Waals surface area contributed by atoms with E-state index in [1.165, 1.54) is 12.5 Å². The maximum atomic E-state index is 14.5. The number of nitrogens with zero attached hydrogens (tertiary/aromatic N) is 2. The number of hydrogen-bond acceptors (Lipinski definition) is 3. The van der Waals surface area contributed by atoms with E-state index >= 15 is 0 Å². The Morgan fingerprint density at radius 1 is 1.29 bits per heavy atom. The van der Waals surface area contributed by atoms with Crippen molar-refractivity contribution in [1.29, 1.82) is 0 Å². The third-order valence-corrected chi connectivity index (χ3v) is 4.81. The number of rotatable bonds is 2. The first-order valence-electron chi connectivity index (χ1n) is 8.50. The van der Waals surface area contributed by atoms with Gasteiger partial charge < -0.3 is 14.6 Å². The Labute approximate surface area is 139 Å². The molecule has 1 aliphatic heterocycles. The zero-order chi connectivity index (χ0) is 16.5. The molecule has 0 bridgehead atoms. The Kier molecular flexibility index (Phi) is 3.96. The number of aromatic nitrogens is 2. The second kappa shape index (κ2) is 6.26. The summed E-state index contributed by atoms with van der Waals surface area (Å²) in [5, 5.41) is 3.03. The molecule has 2 aliphatic rings. The molecule has 1 aromatic carbocycles. The summed E-state index contributed by atoms with van der Waals surface area (Å²) in [7, 11) is 0. The van der Waals surface area contributed by atoms with E-state index in [0.717, 1.165) is 31.4 Å². The number of amides is 1. The van der Waals surface area contributed by atoms with Gasteiger partial charge in [0.2, 0.25) is 0 Å². The van der Waals surface area contributed by atoms with E-state index in [1.807, 2.05) is 4.57 Å². The first-order valence-corrected chi connectivity index (χ1v) is 8.50. The van der Waals surface area contributed by atoms with Gasteiger partial charge in [0.25, 0.3) is 5.91 Å². The van der Waals surface area contributed by atoms with Gasteiger partial charge >= 0.3 is 0 Å². The van der Waals surface area contributed by atoms with Crippen molar-refractivity contribution in [2.24, 2.45) is 0 Å². The van der Waals surface area contributed by atoms with E-state index in [-0.39, 0.29) is 17.7 Å². The van der Waals surface area contributed by atoms with Gasteiger partial charge in [0.1, 0.15) is 6.61 Å². The first kappa shape index (κ1) is 15.2. The van der Waals surface area contributed by atoms with E-state index in [9.17, 15) is 9.18 Å². The predicted octanol–water partition coefficient (Wildman–Crippen LogP) is 3.14. The number of ether oxygens (including phenoxy) is 1. The van der Waals surface area contributed by atoms with Crippen molar-refractivity contribution in [3.63, 3.8) is 0 Å². The van der Waals surface area contributed by atoms with Crippen molar-refractivity contribution in [3.8, 4) is 17.0 Å². The highest BCUT2D eigenvalue weighted by atomic mass is 19.1. The summed E-state index contributed by atoms with van der Waals surface area (Å²) in [4.78, 5) is 16.7. The largest absolute Gasteiger partial charge is 0.488 e. The Morgan fingerprint density at radius 3 is 2.96 bits per heavy atom. The third-order valence-electron chi connectivity index (χ3n) is 4.81. The number of carbonyl (C=O) groups excluding carboxylic acids is 1. The van der Waals surface area contributed by atoms with Crippen molar-refractivity contribution in [2.75, 3.05) is 6.61 Å². The molecule has 6 heteroatoms.